The number of sulfonamides is 1. The van der Waals surface area contributed by atoms with E-state index in [1.54, 1.807) is 24.3 Å². The molecule has 1 aromatic carbocycles. The number of benzene rings is 1. The van der Waals surface area contributed by atoms with Crippen molar-refractivity contribution in [2.75, 3.05) is 32.6 Å². The first-order valence-corrected chi connectivity index (χ1v) is 8.71. The van der Waals surface area contributed by atoms with Crippen molar-refractivity contribution in [1.29, 1.82) is 0 Å². The summed E-state index contributed by atoms with van der Waals surface area (Å²) < 4.78 is 25.2. The normalized spacial score (nSPS) is 18.1. The van der Waals surface area contributed by atoms with Crippen LogP contribution in [0.2, 0.25) is 0 Å². The third-order valence-electron chi connectivity index (χ3n) is 4.30. The second-order valence-electron chi connectivity index (χ2n) is 6.03. The summed E-state index contributed by atoms with van der Waals surface area (Å²) in [6, 6.07) is 6.77. The second-order valence-corrected chi connectivity index (χ2v) is 8.18. The summed E-state index contributed by atoms with van der Waals surface area (Å²) in [4.78, 5) is 0.288. The quantitative estimate of drug-likeness (QED) is 0.842. The highest BCUT2D eigenvalue weighted by Crippen LogP contribution is 2.37. The molecule has 2 rings (SSSR count). The number of aliphatic hydroxyl groups excluding tert-OH is 1. The van der Waals surface area contributed by atoms with Gasteiger partial charge < -0.3 is 10.4 Å². The van der Waals surface area contributed by atoms with Crippen molar-refractivity contribution in [2.24, 2.45) is 5.41 Å². The van der Waals surface area contributed by atoms with Gasteiger partial charge in [0, 0.05) is 31.7 Å². The van der Waals surface area contributed by atoms with Crippen LogP contribution >= 0.6 is 0 Å². The van der Waals surface area contributed by atoms with Crippen molar-refractivity contribution in [2.45, 2.75) is 30.6 Å². The zero-order valence-electron chi connectivity index (χ0n) is 12.7. The summed E-state index contributed by atoms with van der Waals surface area (Å²) in [5.41, 5.74) is 0.862. The van der Waals surface area contributed by atoms with Gasteiger partial charge in [-0.3, -0.25) is 0 Å². The van der Waals surface area contributed by atoms with Crippen molar-refractivity contribution in [1.82, 2.24) is 4.31 Å². The third-order valence-corrected chi connectivity index (χ3v) is 6.13. The average Bonchev–Trinajstić information content (AvgIpc) is 2.95. The molecule has 118 valence electrons. The summed E-state index contributed by atoms with van der Waals surface area (Å²) in [7, 11) is -0.335. The van der Waals surface area contributed by atoms with Gasteiger partial charge in [0.1, 0.15) is 0 Å². The SMILES string of the molecule is CN(C)S(=O)(=O)c1ccc(NCC2(CO)CCCC2)cc1. The number of hydrogen-bond acceptors (Lipinski definition) is 4. The number of nitrogens with one attached hydrogen (secondary N) is 1. The lowest BCUT2D eigenvalue weighted by atomic mass is 9.87. The van der Waals surface area contributed by atoms with Crippen LogP contribution in [0.15, 0.2) is 29.2 Å². The van der Waals surface area contributed by atoms with E-state index < -0.39 is 10.0 Å². The maximum Gasteiger partial charge on any atom is 0.242 e. The standard InChI is InChI=1S/C15H24N2O3S/c1-17(2)21(19,20)14-7-5-13(6-8-14)16-11-15(12-18)9-3-4-10-15/h5-8,16,18H,3-4,9-12H2,1-2H3. The Bertz CT molecular complexity index is 561. The summed E-state index contributed by atoms with van der Waals surface area (Å²) in [5, 5.41) is 12.9. The van der Waals surface area contributed by atoms with Crippen LogP contribution in [-0.2, 0) is 10.0 Å². The van der Waals surface area contributed by atoms with Gasteiger partial charge in [0.15, 0.2) is 0 Å². The van der Waals surface area contributed by atoms with E-state index in [1.807, 2.05) is 0 Å². The lowest BCUT2D eigenvalue weighted by Crippen LogP contribution is -2.30. The zero-order valence-corrected chi connectivity index (χ0v) is 13.5. The Balaban J connectivity index is 2.03. The van der Waals surface area contributed by atoms with Crippen molar-refractivity contribution < 1.29 is 13.5 Å². The van der Waals surface area contributed by atoms with E-state index in [-0.39, 0.29) is 16.9 Å². The Labute approximate surface area is 127 Å². The molecule has 1 aromatic rings. The van der Waals surface area contributed by atoms with Crippen LogP contribution in [-0.4, -0.2) is 45.1 Å². The zero-order chi connectivity index (χ0) is 15.5. The predicted molar refractivity (Wildman–Crippen MR) is 83.8 cm³/mol. The molecule has 5 nitrogen and oxygen atoms in total. The van der Waals surface area contributed by atoms with Crippen LogP contribution in [0.3, 0.4) is 0 Å². The first-order chi connectivity index (χ1) is 9.89. The van der Waals surface area contributed by atoms with Gasteiger partial charge in [-0.25, -0.2) is 12.7 Å². The molecule has 0 heterocycles. The van der Waals surface area contributed by atoms with Gasteiger partial charge >= 0.3 is 0 Å². The van der Waals surface area contributed by atoms with E-state index in [9.17, 15) is 13.5 Å². The molecule has 1 fully saturated rings. The lowest BCUT2D eigenvalue weighted by Gasteiger charge is -2.27. The van der Waals surface area contributed by atoms with Crippen LogP contribution in [0.5, 0.6) is 0 Å². The highest BCUT2D eigenvalue weighted by Gasteiger charge is 2.32. The van der Waals surface area contributed by atoms with Crippen LogP contribution < -0.4 is 5.32 Å². The van der Waals surface area contributed by atoms with E-state index in [1.165, 1.54) is 31.2 Å². The fourth-order valence-electron chi connectivity index (χ4n) is 2.76. The van der Waals surface area contributed by atoms with Gasteiger partial charge in [-0.1, -0.05) is 12.8 Å². The molecule has 21 heavy (non-hydrogen) atoms. The van der Waals surface area contributed by atoms with Crippen molar-refractivity contribution in [3.8, 4) is 0 Å². The highest BCUT2D eigenvalue weighted by atomic mass is 32.2. The van der Waals surface area contributed by atoms with E-state index in [0.717, 1.165) is 25.1 Å². The molecule has 1 aliphatic carbocycles. The maximum absolute atomic E-state index is 12.0. The van der Waals surface area contributed by atoms with E-state index >= 15 is 0 Å². The predicted octanol–water partition coefficient (Wildman–Crippen LogP) is 1.90. The van der Waals surface area contributed by atoms with Crippen LogP contribution in [0.1, 0.15) is 25.7 Å². The molecule has 0 unspecified atom stereocenters. The van der Waals surface area contributed by atoms with Crippen molar-refractivity contribution in [3.05, 3.63) is 24.3 Å². The monoisotopic (exact) mass is 312 g/mol. The van der Waals surface area contributed by atoms with Crippen LogP contribution in [0, 0.1) is 5.41 Å². The van der Waals surface area contributed by atoms with Crippen LogP contribution in [0.4, 0.5) is 5.69 Å². The third kappa shape index (κ3) is 3.56. The fraction of sp³-hybridized carbons (Fsp3) is 0.600. The Morgan fingerprint density at radius 1 is 1.19 bits per heavy atom. The molecule has 0 spiro atoms. The van der Waals surface area contributed by atoms with Crippen LogP contribution in [0.25, 0.3) is 0 Å². The van der Waals surface area contributed by atoms with E-state index in [4.69, 9.17) is 0 Å². The number of nitrogens with zero attached hydrogens (tertiary/aromatic N) is 1. The molecule has 6 heteroatoms. The average molecular weight is 312 g/mol. The molecule has 2 N–H and O–H groups in total. The van der Waals surface area contributed by atoms with Gasteiger partial charge in [0.25, 0.3) is 0 Å². The van der Waals surface area contributed by atoms with Gasteiger partial charge in [-0.2, -0.15) is 0 Å². The first-order valence-electron chi connectivity index (χ1n) is 7.27. The number of hydrogen-bond donors (Lipinski definition) is 2. The smallest absolute Gasteiger partial charge is 0.242 e. The minimum absolute atomic E-state index is 0.0195. The molecule has 0 saturated heterocycles. The highest BCUT2D eigenvalue weighted by molar-refractivity contribution is 7.89. The summed E-state index contributed by atoms with van der Waals surface area (Å²) in [6.45, 7) is 0.927. The summed E-state index contributed by atoms with van der Waals surface area (Å²) in [6.07, 6.45) is 4.43. The number of anilines is 1. The minimum Gasteiger partial charge on any atom is -0.396 e. The lowest BCUT2D eigenvalue weighted by molar-refractivity contribution is 0.142. The van der Waals surface area contributed by atoms with E-state index in [0.29, 0.717) is 0 Å². The summed E-state index contributed by atoms with van der Waals surface area (Å²) >= 11 is 0. The molecule has 0 atom stereocenters. The second kappa shape index (κ2) is 6.34. The largest absolute Gasteiger partial charge is 0.396 e. The topological polar surface area (TPSA) is 69.6 Å². The Hall–Kier alpha value is -1.11. The molecule has 0 bridgehead atoms. The molecule has 1 saturated carbocycles. The Morgan fingerprint density at radius 3 is 2.24 bits per heavy atom. The first kappa shape index (κ1) is 16.3. The van der Waals surface area contributed by atoms with Crippen molar-refractivity contribution >= 4 is 15.7 Å². The molecule has 0 amide bonds. The molecule has 0 radical (unpaired) electrons. The van der Waals surface area contributed by atoms with Gasteiger partial charge in [-0.05, 0) is 37.1 Å². The molecule has 0 aromatic heterocycles. The molecular weight excluding hydrogens is 288 g/mol. The van der Waals surface area contributed by atoms with E-state index in [2.05, 4.69) is 5.32 Å². The fourth-order valence-corrected chi connectivity index (χ4v) is 3.66. The van der Waals surface area contributed by atoms with Gasteiger partial charge in [0.2, 0.25) is 10.0 Å². The Kier molecular flexibility index (Phi) is 4.91. The molecule has 0 aliphatic heterocycles. The van der Waals surface area contributed by atoms with Gasteiger partial charge in [0.05, 0.1) is 11.5 Å². The number of aliphatic hydroxyl groups is 1. The Morgan fingerprint density at radius 2 is 1.76 bits per heavy atom. The van der Waals surface area contributed by atoms with Crippen molar-refractivity contribution in [3.63, 3.8) is 0 Å². The minimum atomic E-state index is -3.38. The maximum atomic E-state index is 12.0. The van der Waals surface area contributed by atoms with Gasteiger partial charge in [-0.15, -0.1) is 0 Å². The molecule has 1 aliphatic rings. The molecular formula is C15H24N2O3S. The summed E-state index contributed by atoms with van der Waals surface area (Å²) in [5.74, 6) is 0. The number of rotatable bonds is 6.